The van der Waals surface area contributed by atoms with Gasteiger partial charge >= 0.3 is 5.97 Å². The van der Waals surface area contributed by atoms with Crippen LogP contribution in [-0.4, -0.2) is 39.4 Å². The molecular formula is C14H18N2O5. The Balaban J connectivity index is 2.87. The van der Waals surface area contributed by atoms with Crippen molar-refractivity contribution < 1.29 is 19.6 Å². The first-order valence-electron chi connectivity index (χ1n) is 6.60. The fourth-order valence-corrected chi connectivity index (χ4v) is 1.91. The summed E-state index contributed by atoms with van der Waals surface area (Å²) < 4.78 is 0. The first kappa shape index (κ1) is 16.6. The van der Waals surface area contributed by atoms with E-state index in [4.69, 9.17) is 5.11 Å². The number of carbonyl (C=O) groups is 2. The highest BCUT2D eigenvalue weighted by molar-refractivity contribution is 5.95. The molecule has 0 aromatic heterocycles. The topological polar surface area (TPSA) is 101 Å². The van der Waals surface area contributed by atoms with Crippen LogP contribution in [0.3, 0.4) is 0 Å². The van der Waals surface area contributed by atoms with Crippen LogP contribution in [0.2, 0.25) is 0 Å². The van der Waals surface area contributed by atoms with Crippen molar-refractivity contribution >= 4 is 17.6 Å². The van der Waals surface area contributed by atoms with Gasteiger partial charge in [0.05, 0.1) is 4.92 Å². The van der Waals surface area contributed by atoms with E-state index in [9.17, 15) is 19.7 Å². The van der Waals surface area contributed by atoms with Crippen molar-refractivity contribution in [2.75, 3.05) is 6.54 Å². The summed E-state index contributed by atoms with van der Waals surface area (Å²) in [7, 11) is 0. The summed E-state index contributed by atoms with van der Waals surface area (Å²) in [5.74, 6) is -1.25. The van der Waals surface area contributed by atoms with Gasteiger partial charge in [-0.2, -0.15) is 0 Å². The fraction of sp³-hybridized carbons (Fsp3) is 0.429. The molecule has 0 bridgehead atoms. The number of carbonyl (C=O) groups excluding carboxylic acids is 1. The monoisotopic (exact) mass is 294 g/mol. The van der Waals surface area contributed by atoms with E-state index < -0.39 is 10.9 Å². The van der Waals surface area contributed by atoms with Crippen LogP contribution in [0.25, 0.3) is 0 Å². The maximum atomic E-state index is 12.4. The molecule has 1 amide bonds. The highest BCUT2D eigenvalue weighted by Gasteiger charge is 2.20. The third-order valence-corrected chi connectivity index (χ3v) is 2.98. The molecule has 0 spiro atoms. The number of carboxylic acids is 1. The molecule has 0 atom stereocenters. The summed E-state index contributed by atoms with van der Waals surface area (Å²) in [5.41, 5.74) is 0.0864. The van der Waals surface area contributed by atoms with Crippen molar-refractivity contribution in [3.05, 3.63) is 39.9 Å². The molecular weight excluding hydrogens is 276 g/mol. The van der Waals surface area contributed by atoms with Crippen LogP contribution < -0.4 is 0 Å². The molecule has 1 aromatic rings. The molecule has 1 N–H and O–H groups in total. The van der Waals surface area contributed by atoms with E-state index in [2.05, 4.69) is 0 Å². The van der Waals surface area contributed by atoms with Crippen molar-refractivity contribution in [3.8, 4) is 0 Å². The number of amides is 1. The van der Waals surface area contributed by atoms with E-state index in [0.29, 0.717) is 13.0 Å². The second-order valence-corrected chi connectivity index (χ2v) is 4.90. The zero-order chi connectivity index (χ0) is 16.0. The molecule has 0 aliphatic carbocycles. The van der Waals surface area contributed by atoms with Crippen molar-refractivity contribution in [1.82, 2.24) is 4.90 Å². The number of non-ortho nitro benzene ring substituents is 1. The SMILES string of the molecule is CC(C)N(CCCC(=O)O)C(=O)c1cccc([N+](=O)[O-])c1. The fourth-order valence-electron chi connectivity index (χ4n) is 1.91. The second kappa shape index (κ2) is 7.37. The van der Waals surface area contributed by atoms with Crippen LogP contribution in [0.15, 0.2) is 24.3 Å². The largest absolute Gasteiger partial charge is 0.481 e. The third-order valence-electron chi connectivity index (χ3n) is 2.98. The lowest BCUT2D eigenvalue weighted by molar-refractivity contribution is -0.384. The minimum Gasteiger partial charge on any atom is -0.481 e. The van der Waals surface area contributed by atoms with Crippen LogP contribution in [0, 0.1) is 10.1 Å². The molecule has 0 fully saturated rings. The average molecular weight is 294 g/mol. The maximum Gasteiger partial charge on any atom is 0.303 e. The Morgan fingerprint density at radius 3 is 2.57 bits per heavy atom. The summed E-state index contributed by atoms with van der Waals surface area (Å²) in [6, 6.07) is 5.41. The Labute approximate surface area is 122 Å². The lowest BCUT2D eigenvalue weighted by atomic mass is 10.1. The molecule has 0 saturated heterocycles. The minimum absolute atomic E-state index is 0.0224. The molecule has 0 radical (unpaired) electrons. The molecule has 7 nitrogen and oxygen atoms in total. The quantitative estimate of drug-likeness (QED) is 0.614. The van der Waals surface area contributed by atoms with E-state index in [1.165, 1.54) is 29.2 Å². The Morgan fingerprint density at radius 2 is 2.05 bits per heavy atom. The number of aliphatic carboxylic acids is 1. The number of benzene rings is 1. The summed E-state index contributed by atoms with van der Waals surface area (Å²) in [5, 5.41) is 19.4. The highest BCUT2D eigenvalue weighted by atomic mass is 16.6. The molecule has 1 rings (SSSR count). The molecule has 0 aliphatic heterocycles. The van der Waals surface area contributed by atoms with Gasteiger partial charge in [0.15, 0.2) is 0 Å². The van der Waals surface area contributed by atoms with Gasteiger partial charge in [0, 0.05) is 36.7 Å². The first-order chi connectivity index (χ1) is 9.82. The van der Waals surface area contributed by atoms with Crippen LogP contribution in [0.4, 0.5) is 5.69 Å². The van der Waals surface area contributed by atoms with E-state index in [0.717, 1.165) is 0 Å². The van der Waals surface area contributed by atoms with Gasteiger partial charge in [-0.3, -0.25) is 19.7 Å². The van der Waals surface area contributed by atoms with Crippen LogP contribution >= 0.6 is 0 Å². The van der Waals surface area contributed by atoms with Crippen molar-refractivity contribution in [2.45, 2.75) is 32.7 Å². The van der Waals surface area contributed by atoms with Gasteiger partial charge < -0.3 is 10.0 Å². The Kier molecular flexibility index (Phi) is 5.83. The zero-order valence-corrected chi connectivity index (χ0v) is 12.0. The lowest BCUT2D eigenvalue weighted by Crippen LogP contribution is -2.37. The van der Waals surface area contributed by atoms with Crippen LogP contribution in [-0.2, 0) is 4.79 Å². The number of carboxylic acid groups (broad SMARTS) is 1. The minimum atomic E-state index is -0.915. The normalized spacial score (nSPS) is 10.4. The van der Waals surface area contributed by atoms with Crippen molar-refractivity contribution in [1.29, 1.82) is 0 Å². The summed E-state index contributed by atoms with van der Waals surface area (Å²) >= 11 is 0. The highest BCUT2D eigenvalue weighted by Crippen LogP contribution is 2.16. The van der Waals surface area contributed by atoms with Gasteiger partial charge in [-0.05, 0) is 26.3 Å². The van der Waals surface area contributed by atoms with Gasteiger partial charge in [0.2, 0.25) is 0 Å². The summed E-state index contributed by atoms with van der Waals surface area (Å²) in [6.07, 6.45) is 0.319. The summed E-state index contributed by atoms with van der Waals surface area (Å²) in [6.45, 7) is 3.93. The molecule has 21 heavy (non-hydrogen) atoms. The van der Waals surface area contributed by atoms with Crippen molar-refractivity contribution in [3.63, 3.8) is 0 Å². The number of hydrogen-bond donors (Lipinski definition) is 1. The third kappa shape index (κ3) is 4.87. The van der Waals surface area contributed by atoms with Gasteiger partial charge in [-0.25, -0.2) is 0 Å². The number of hydrogen-bond acceptors (Lipinski definition) is 4. The molecule has 114 valence electrons. The standard InChI is InChI=1S/C14H18N2O5/c1-10(2)15(8-4-7-13(17)18)14(19)11-5-3-6-12(9-11)16(20)21/h3,5-6,9-10H,4,7-8H2,1-2H3,(H,17,18). The van der Waals surface area contributed by atoms with E-state index >= 15 is 0 Å². The predicted molar refractivity (Wildman–Crippen MR) is 76.1 cm³/mol. The number of nitrogens with zero attached hydrogens (tertiary/aromatic N) is 2. The average Bonchev–Trinajstić information content (AvgIpc) is 2.42. The predicted octanol–water partition coefficient (Wildman–Crippen LogP) is 2.31. The van der Waals surface area contributed by atoms with E-state index in [-0.39, 0.29) is 29.6 Å². The Bertz CT molecular complexity index is 542. The maximum absolute atomic E-state index is 12.4. The van der Waals surface area contributed by atoms with E-state index in [1.807, 2.05) is 13.8 Å². The van der Waals surface area contributed by atoms with Gasteiger partial charge in [-0.15, -0.1) is 0 Å². The lowest BCUT2D eigenvalue weighted by Gasteiger charge is -2.26. The molecule has 0 heterocycles. The smallest absolute Gasteiger partial charge is 0.303 e. The van der Waals surface area contributed by atoms with E-state index in [1.54, 1.807) is 0 Å². The van der Waals surface area contributed by atoms with Gasteiger partial charge in [-0.1, -0.05) is 6.07 Å². The molecule has 7 heteroatoms. The number of rotatable bonds is 7. The number of nitro groups is 1. The molecule has 1 aromatic carbocycles. The molecule has 0 saturated carbocycles. The Hall–Kier alpha value is -2.44. The second-order valence-electron chi connectivity index (χ2n) is 4.90. The molecule has 0 aliphatic rings. The van der Waals surface area contributed by atoms with Gasteiger partial charge in [0.25, 0.3) is 11.6 Å². The first-order valence-corrected chi connectivity index (χ1v) is 6.60. The zero-order valence-electron chi connectivity index (χ0n) is 12.0. The summed E-state index contributed by atoms with van der Waals surface area (Å²) in [4.78, 5) is 34.6. The Morgan fingerprint density at radius 1 is 1.38 bits per heavy atom. The number of nitro benzene ring substituents is 1. The van der Waals surface area contributed by atoms with Gasteiger partial charge in [0.1, 0.15) is 0 Å². The van der Waals surface area contributed by atoms with Crippen LogP contribution in [0.5, 0.6) is 0 Å². The molecule has 0 unspecified atom stereocenters. The van der Waals surface area contributed by atoms with Crippen molar-refractivity contribution in [2.24, 2.45) is 0 Å². The van der Waals surface area contributed by atoms with Crippen LogP contribution in [0.1, 0.15) is 37.0 Å².